The zero-order valence-corrected chi connectivity index (χ0v) is 11.9. The van der Waals surface area contributed by atoms with Crippen molar-refractivity contribution in [3.05, 3.63) is 69.5 Å². The van der Waals surface area contributed by atoms with Gasteiger partial charge in [-0.3, -0.25) is 29.6 Å². The molecule has 1 atom stereocenters. The molecule has 1 aromatic heterocycles. The van der Waals surface area contributed by atoms with Gasteiger partial charge in [-0.25, -0.2) is 0 Å². The molecule has 7 nitrogen and oxygen atoms in total. The first kappa shape index (κ1) is 14.2. The average Bonchev–Trinajstić information content (AvgIpc) is 2.78. The van der Waals surface area contributed by atoms with E-state index in [1.54, 1.807) is 12.1 Å². The van der Waals surface area contributed by atoms with Crippen LogP contribution in [0.4, 0.5) is 5.69 Å². The summed E-state index contributed by atoms with van der Waals surface area (Å²) in [5.74, 6) is -1.12. The van der Waals surface area contributed by atoms with Gasteiger partial charge in [0.2, 0.25) is 0 Å². The lowest BCUT2D eigenvalue weighted by atomic mass is 10.1. The van der Waals surface area contributed by atoms with E-state index in [4.69, 9.17) is 0 Å². The number of benzene rings is 1. The number of hydrogen-bond donors (Lipinski definition) is 1. The number of nitro groups is 1. The Morgan fingerprint density at radius 3 is 2.36 bits per heavy atom. The van der Waals surface area contributed by atoms with Crippen molar-refractivity contribution in [1.82, 2.24) is 9.88 Å². The van der Waals surface area contributed by atoms with Crippen LogP contribution in [-0.2, 0) is 0 Å². The van der Waals surface area contributed by atoms with Gasteiger partial charge in [-0.1, -0.05) is 0 Å². The summed E-state index contributed by atoms with van der Waals surface area (Å²) in [6.07, 6.45) is 3.06. The number of rotatable bonds is 3. The molecular formula is C14H9N3O4S. The largest absolute Gasteiger partial charge is 0.270 e. The summed E-state index contributed by atoms with van der Waals surface area (Å²) in [5.41, 5.74) is 0.555. The van der Waals surface area contributed by atoms with E-state index in [9.17, 15) is 19.7 Å². The van der Waals surface area contributed by atoms with Crippen LogP contribution in [-0.4, -0.2) is 26.6 Å². The van der Waals surface area contributed by atoms with E-state index in [-0.39, 0.29) is 16.8 Å². The van der Waals surface area contributed by atoms with E-state index < -0.39 is 22.1 Å². The number of non-ortho nitro benzene ring substituents is 1. The molecule has 1 aromatic carbocycles. The number of aromatic nitrogens is 1. The Morgan fingerprint density at radius 1 is 1.09 bits per heavy atom. The van der Waals surface area contributed by atoms with Crippen molar-refractivity contribution < 1.29 is 14.5 Å². The molecule has 8 heteroatoms. The number of carbonyl (C=O) groups excluding carboxylic acids is 2. The fourth-order valence-electron chi connectivity index (χ4n) is 2.27. The predicted molar refractivity (Wildman–Crippen MR) is 79.6 cm³/mol. The van der Waals surface area contributed by atoms with Gasteiger partial charge in [-0.05, 0) is 23.8 Å². The van der Waals surface area contributed by atoms with E-state index in [1.807, 2.05) is 0 Å². The lowest BCUT2D eigenvalue weighted by molar-refractivity contribution is -0.384. The van der Waals surface area contributed by atoms with Crippen LogP contribution < -0.4 is 0 Å². The number of thiol groups is 1. The zero-order valence-electron chi connectivity index (χ0n) is 11.0. The van der Waals surface area contributed by atoms with Crippen LogP contribution >= 0.6 is 12.6 Å². The maximum Gasteiger partial charge on any atom is 0.270 e. The number of nitro benzene ring substituents is 1. The highest BCUT2D eigenvalue weighted by Gasteiger charge is 2.40. The third-order valence-electron chi connectivity index (χ3n) is 3.36. The third kappa shape index (κ3) is 2.13. The van der Waals surface area contributed by atoms with Crippen LogP contribution in [0.1, 0.15) is 31.7 Å². The molecule has 0 saturated heterocycles. The summed E-state index contributed by atoms with van der Waals surface area (Å²) in [6.45, 7) is 0. The van der Waals surface area contributed by atoms with Crippen LogP contribution in [0.5, 0.6) is 0 Å². The van der Waals surface area contributed by atoms with Gasteiger partial charge in [0, 0.05) is 24.5 Å². The average molecular weight is 315 g/mol. The number of amides is 2. The van der Waals surface area contributed by atoms with Crippen LogP contribution in [0, 0.1) is 10.1 Å². The molecular weight excluding hydrogens is 306 g/mol. The lowest BCUT2D eigenvalue weighted by Crippen LogP contribution is -2.31. The lowest BCUT2D eigenvalue weighted by Gasteiger charge is -2.21. The monoisotopic (exact) mass is 315 g/mol. The molecule has 0 radical (unpaired) electrons. The third-order valence-corrected chi connectivity index (χ3v) is 3.89. The first-order valence-electron chi connectivity index (χ1n) is 6.25. The second-order valence-electron chi connectivity index (χ2n) is 4.62. The zero-order chi connectivity index (χ0) is 15.9. The van der Waals surface area contributed by atoms with E-state index in [0.717, 1.165) is 11.0 Å². The van der Waals surface area contributed by atoms with Gasteiger partial charge < -0.3 is 0 Å². The van der Waals surface area contributed by atoms with Crippen LogP contribution in [0.2, 0.25) is 0 Å². The van der Waals surface area contributed by atoms with Gasteiger partial charge in [0.15, 0.2) is 0 Å². The van der Waals surface area contributed by atoms with Crippen molar-refractivity contribution in [2.45, 2.75) is 5.37 Å². The maximum absolute atomic E-state index is 12.4. The van der Waals surface area contributed by atoms with Crippen molar-refractivity contribution in [2.24, 2.45) is 0 Å². The Kier molecular flexibility index (Phi) is 3.38. The minimum absolute atomic E-state index is 0.0207. The predicted octanol–water partition coefficient (Wildman–Crippen LogP) is 2.21. The van der Waals surface area contributed by atoms with Gasteiger partial charge in [-0.2, -0.15) is 0 Å². The molecule has 0 fully saturated rings. The number of pyridine rings is 1. The summed E-state index contributed by atoms with van der Waals surface area (Å²) in [5, 5.41) is 10.0. The number of nitrogens with zero attached hydrogens (tertiary/aromatic N) is 3. The quantitative estimate of drug-likeness (QED) is 0.406. The van der Waals surface area contributed by atoms with Crippen molar-refractivity contribution in [3.63, 3.8) is 0 Å². The summed E-state index contributed by atoms with van der Waals surface area (Å²) in [7, 11) is 0. The van der Waals surface area contributed by atoms with Gasteiger partial charge in [-0.15, -0.1) is 12.6 Å². The molecule has 2 heterocycles. The smallest absolute Gasteiger partial charge is 0.269 e. The van der Waals surface area contributed by atoms with Crippen molar-refractivity contribution in [3.8, 4) is 0 Å². The number of hydrogen-bond acceptors (Lipinski definition) is 6. The second-order valence-corrected chi connectivity index (χ2v) is 5.11. The van der Waals surface area contributed by atoms with E-state index >= 15 is 0 Å². The highest BCUT2D eigenvalue weighted by Crippen LogP contribution is 2.34. The molecule has 1 aliphatic rings. The first-order chi connectivity index (χ1) is 10.5. The molecule has 0 N–H and O–H groups in total. The molecule has 22 heavy (non-hydrogen) atoms. The van der Waals surface area contributed by atoms with E-state index in [0.29, 0.717) is 5.56 Å². The molecule has 0 saturated carbocycles. The molecule has 110 valence electrons. The molecule has 1 unspecified atom stereocenters. The molecule has 2 amide bonds. The fraction of sp³-hybridized carbons (Fsp3) is 0.0714. The number of carbonyl (C=O) groups is 2. The van der Waals surface area contributed by atoms with Crippen molar-refractivity contribution in [1.29, 1.82) is 0 Å². The van der Waals surface area contributed by atoms with Crippen LogP contribution in [0.3, 0.4) is 0 Å². The molecule has 2 aromatic rings. The second kappa shape index (κ2) is 5.23. The highest BCUT2D eigenvalue weighted by atomic mass is 32.1. The van der Waals surface area contributed by atoms with Gasteiger partial charge in [0.1, 0.15) is 5.37 Å². The maximum atomic E-state index is 12.4. The molecule has 0 bridgehead atoms. The Labute approximate surface area is 130 Å². The van der Waals surface area contributed by atoms with Gasteiger partial charge in [0.25, 0.3) is 17.5 Å². The molecule has 0 aliphatic carbocycles. The highest BCUT2D eigenvalue weighted by molar-refractivity contribution is 7.80. The van der Waals surface area contributed by atoms with Crippen molar-refractivity contribution >= 4 is 30.1 Å². The van der Waals surface area contributed by atoms with Gasteiger partial charge >= 0.3 is 0 Å². The Bertz CT molecular complexity index is 794. The van der Waals surface area contributed by atoms with E-state index in [1.165, 1.54) is 24.5 Å². The molecule has 1 aliphatic heterocycles. The molecule has 0 spiro atoms. The topological polar surface area (TPSA) is 93.4 Å². The van der Waals surface area contributed by atoms with E-state index in [2.05, 4.69) is 17.6 Å². The standard InChI is InChI=1S/C14H9N3O4S/c18-12-10-2-1-9(17(20)21)7-11(10)13(19)16(12)14(22)8-3-5-15-6-4-8/h1-7,14,22H. The first-order valence-corrected chi connectivity index (χ1v) is 6.76. The Hall–Kier alpha value is -2.74. The summed E-state index contributed by atoms with van der Waals surface area (Å²) < 4.78 is 0. The fourth-order valence-corrected chi connectivity index (χ4v) is 2.65. The Morgan fingerprint density at radius 2 is 1.73 bits per heavy atom. The van der Waals surface area contributed by atoms with Crippen LogP contribution in [0.25, 0.3) is 0 Å². The van der Waals surface area contributed by atoms with Crippen molar-refractivity contribution in [2.75, 3.05) is 0 Å². The Balaban J connectivity index is 2.01. The summed E-state index contributed by atoms with van der Waals surface area (Å²) in [6, 6.07) is 6.89. The minimum atomic E-state index is -0.783. The number of fused-ring (bicyclic) bond motifs is 1. The summed E-state index contributed by atoms with van der Waals surface area (Å²) in [4.78, 5) is 39.8. The minimum Gasteiger partial charge on any atom is -0.269 e. The SMILES string of the molecule is O=C1c2ccc([N+](=O)[O-])cc2C(=O)N1C(S)c1ccncc1. The molecule has 3 rings (SSSR count). The van der Waals surface area contributed by atoms with Gasteiger partial charge in [0.05, 0.1) is 16.1 Å². The number of imide groups is 1. The normalized spacial score (nSPS) is 14.9. The summed E-state index contributed by atoms with van der Waals surface area (Å²) >= 11 is 4.33. The van der Waals surface area contributed by atoms with Crippen LogP contribution in [0.15, 0.2) is 42.7 Å².